The molecule has 0 aliphatic carbocycles. The number of rotatable bonds is 8. The van der Waals surface area contributed by atoms with Gasteiger partial charge in [-0.1, -0.05) is 20.3 Å². The molecule has 0 fully saturated rings. The molecule has 0 aromatic heterocycles. The minimum Gasteiger partial charge on any atom is -0.462 e. The van der Waals surface area contributed by atoms with Crippen LogP contribution in [0.3, 0.4) is 0 Å². The molecule has 0 bridgehead atoms. The molecule has 0 saturated carbocycles. The molecule has 20 heavy (non-hydrogen) atoms. The molecule has 1 heterocycles. The third-order valence-electron chi connectivity index (χ3n) is 3.42. The van der Waals surface area contributed by atoms with Gasteiger partial charge in [-0.05, 0) is 25.7 Å². The molecule has 0 radical (unpaired) electrons. The molecular formula is C15H23NO4. The summed E-state index contributed by atoms with van der Waals surface area (Å²) in [7, 11) is 0. The molecule has 0 aromatic rings. The van der Waals surface area contributed by atoms with Crippen LogP contribution in [0.15, 0.2) is 12.2 Å². The average Bonchev–Trinajstić information content (AvgIpc) is 2.69. The zero-order valence-corrected chi connectivity index (χ0v) is 12.4. The summed E-state index contributed by atoms with van der Waals surface area (Å²) in [6, 6.07) is 0. The first-order chi connectivity index (χ1) is 9.41. The maximum absolute atomic E-state index is 11.5. The largest absolute Gasteiger partial charge is 0.462 e. The van der Waals surface area contributed by atoms with E-state index in [9.17, 15) is 14.4 Å². The van der Waals surface area contributed by atoms with E-state index in [1.165, 1.54) is 17.1 Å². The Morgan fingerprint density at radius 2 is 1.70 bits per heavy atom. The first kappa shape index (κ1) is 16.4. The van der Waals surface area contributed by atoms with Crippen molar-refractivity contribution in [2.24, 2.45) is 5.92 Å². The summed E-state index contributed by atoms with van der Waals surface area (Å²) in [6.07, 6.45) is 5.12. The third-order valence-corrected chi connectivity index (χ3v) is 3.42. The lowest BCUT2D eigenvalue weighted by molar-refractivity contribution is -0.150. The Balaban J connectivity index is 2.09. The number of unbranched alkanes of at least 4 members (excludes halogenated alkanes) is 2. The molecule has 1 atom stereocenters. The summed E-state index contributed by atoms with van der Waals surface area (Å²) in [6.45, 7) is 6.33. The second-order valence-corrected chi connectivity index (χ2v) is 5.41. The number of ether oxygens (including phenoxy) is 1. The smallest absolute Gasteiger partial charge is 0.306 e. The van der Waals surface area contributed by atoms with Gasteiger partial charge >= 0.3 is 5.97 Å². The van der Waals surface area contributed by atoms with Crippen molar-refractivity contribution in [3.63, 3.8) is 0 Å². The molecule has 112 valence electrons. The van der Waals surface area contributed by atoms with Crippen LogP contribution in [0.25, 0.3) is 0 Å². The lowest BCUT2D eigenvalue weighted by atomic mass is 10.1. The van der Waals surface area contributed by atoms with Crippen LogP contribution in [0.5, 0.6) is 0 Å². The van der Waals surface area contributed by atoms with E-state index in [1.54, 1.807) is 0 Å². The zero-order chi connectivity index (χ0) is 15.1. The molecular weight excluding hydrogens is 258 g/mol. The van der Waals surface area contributed by atoms with Crippen LogP contribution in [0.1, 0.15) is 46.5 Å². The Morgan fingerprint density at radius 1 is 1.10 bits per heavy atom. The zero-order valence-electron chi connectivity index (χ0n) is 12.4. The van der Waals surface area contributed by atoms with E-state index < -0.39 is 0 Å². The van der Waals surface area contributed by atoms with E-state index in [2.05, 4.69) is 0 Å². The normalized spacial score (nSPS) is 16.1. The summed E-state index contributed by atoms with van der Waals surface area (Å²) in [5.41, 5.74) is 0. The standard InChI is InChI=1S/C15H23NO4/c1-11(2)12(3)20-15(19)7-5-4-6-10-16-13(17)8-9-14(16)18/h8-9,11-12H,4-7,10H2,1-3H3. The maximum atomic E-state index is 11.5. The summed E-state index contributed by atoms with van der Waals surface area (Å²) >= 11 is 0. The van der Waals surface area contributed by atoms with Gasteiger partial charge in [0.2, 0.25) is 0 Å². The Kier molecular flexibility index (Phi) is 6.42. The van der Waals surface area contributed by atoms with Crippen molar-refractivity contribution in [3.05, 3.63) is 12.2 Å². The Hall–Kier alpha value is -1.65. The van der Waals surface area contributed by atoms with Gasteiger partial charge in [0.05, 0.1) is 0 Å². The summed E-state index contributed by atoms with van der Waals surface area (Å²) < 4.78 is 5.26. The van der Waals surface area contributed by atoms with Crippen molar-refractivity contribution in [2.45, 2.75) is 52.6 Å². The minimum absolute atomic E-state index is 0.0617. The number of amides is 2. The van der Waals surface area contributed by atoms with Crippen molar-refractivity contribution in [1.82, 2.24) is 4.90 Å². The fourth-order valence-corrected chi connectivity index (χ4v) is 1.77. The van der Waals surface area contributed by atoms with Gasteiger partial charge in [0, 0.05) is 25.1 Å². The highest BCUT2D eigenvalue weighted by atomic mass is 16.5. The lowest BCUT2D eigenvalue weighted by Gasteiger charge is -2.16. The lowest BCUT2D eigenvalue weighted by Crippen LogP contribution is -2.30. The number of carbonyl (C=O) groups is 3. The fraction of sp³-hybridized carbons (Fsp3) is 0.667. The Morgan fingerprint density at radius 3 is 2.25 bits per heavy atom. The Bertz CT molecular complexity index is 383. The first-order valence-electron chi connectivity index (χ1n) is 7.15. The van der Waals surface area contributed by atoms with E-state index in [-0.39, 0.29) is 23.9 Å². The monoisotopic (exact) mass is 281 g/mol. The van der Waals surface area contributed by atoms with E-state index in [0.29, 0.717) is 31.7 Å². The van der Waals surface area contributed by atoms with E-state index >= 15 is 0 Å². The van der Waals surface area contributed by atoms with E-state index in [4.69, 9.17) is 4.74 Å². The summed E-state index contributed by atoms with van der Waals surface area (Å²) in [5.74, 6) is -0.361. The van der Waals surface area contributed by atoms with Crippen molar-refractivity contribution >= 4 is 17.8 Å². The highest BCUT2D eigenvalue weighted by molar-refractivity contribution is 6.12. The van der Waals surface area contributed by atoms with Gasteiger partial charge in [-0.15, -0.1) is 0 Å². The number of nitrogens with zero attached hydrogens (tertiary/aromatic N) is 1. The predicted octanol–water partition coefficient (Wildman–Crippen LogP) is 2.06. The molecule has 1 rings (SSSR count). The van der Waals surface area contributed by atoms with Gasteiger partial charge in [-0.3, -0.25) is 19.3 Å². The number of imide groups is 1. The van der Waals surface area contributed by atoms with E-state index in [0.717, 1.165) is 6.42 Å². The summed E-state index contributed by atoms with van der Waals surface area (Å²) in [4.78, 5) is 35.3. The molecule has 2 amide bonds. The molecule has 0 N–H and O–H groups in total. The van der Waals surface area contributed by atoms with Crippen LogP contribution in [0.2, 0.25) is 0 Å². The van der Waals surface area contributed by atoms with Crippen molar-refractivity contribution in [2.75, 3.05) is 6.54 Å². The highest BCUT2D eigenvalue weighted by Crippen LogP contribution is 2.10. The highest BCUT2D eigenvalue weighted by Gasteiger charge is 2.22. The van der Waals surface area contributed by atoms with Crippen LogP contribution >= 0.6 is 0 Å². The molecule has 5 nitrogen and oxygen atoms in total. The van der Waals surface area contributed by atoms with Crippen LogP contribution in [0.4, 0.5) is 0 Å². The maximum Gasteiger partial charge on any atom is 0.306 e. The predicted molar refractivity (Wildman–Crippen MR) is 74.7 cm³/mol. The van der Waals surface area contributed by atoms with Gasteiger partial charge in [0.25, 0.3) is 11.8 Å². The minimum atomic E-state index is -0.250. The number of hydrogen-bond acceptors (Lipinski definition) is 4. The van der Waals surface area contributed by atoms with Crippen molar-refractivity contribution < 1.29 is 19.1 Å². The number of carbonyl (C=O) groups excluding carboxylic acids is 3. The Labute approximate surface area is 120 Å². The van der Waals surface area contributed by atoms with Gasteiger partial charge in [-0.2, -0.15) is 0 Å². The van der Waals surface area contributed by atoms with Gasteiger partial charge in [0.15, 0.2) is 0 Å². The molecule has 0 saturated heterocycles. The molecule has 0 spiro atoms. The second kappa shape index (κ2) is 7.82. The van der Waals surface area contributed by atoms with Gasteiger partial charge in [0.1, 0.15) is 6.10 Å². The molecule has 1 aliphatic heterocycles. The molecule has 0 aromatic carbocycles. The van der Waals surface area contributed by atoms with Gasteiger partial charge < -0.3 is 4.74 Å². The van der Waals surface area contributed by atoms with Crippen LogP contribution in [0, 0.1) is 5.92 Å². The molecule has 1 aliphatic rings. The van der Waals surface area contributed by atoms with Gasteiger partial charge in [-0.25, -0.2) is 0 Å². The van der Waals surface area contributed by atoms with Crippen LogP contribution in [-0.2, 0) is 19.1 Å². The van der Waals surface area contributed by atoms with Crippen LogP contribution < -0.4 is 0 Å². The van der Waals surface area contributed by atoms with E-state index in [1.807, 2.05) is 20.8 Å². The SMILES string of the molecule is CC(C)C(C)OC(=O)CCCCCN1C(=O)C=CC1=O. The number of esters is 1. The van der Waals surface area contributed by atoms with Crippen molar-refractivity contribution in [1.29, 1.82) is 0 Å². The van der Waals surface area contributed by atoms with Crippen LogP contribution in [-0.4, -0.2) is 35.3 Å². The topological polar surface area (TPSA) is 63.7 Å². The average molecular weight is 281 g/mol. The fourth-order valence-electron chi connectivity index (χ4n) is 1.77. The number of hydrogen-bond donors (Lipinski definition) is 0. The second-order valence-electron chi connectivity index (χ2n) is 5.41. The quantitative estimate of drug-likeness (QED) is 0.388. The first-order valence-corrected chi connectivity index (χ1v) is 7.15. The molecule has 1 unspecified atom stereocenters. The third kappa shape index (κ3) is 5.15. The summed E-state index contributed by atoms with van der Waals surface area (Å²) in [5, 5.41) is 0. The molecule has 5 heteroatoms. The van der Waals surface area contributed by atoms with Crippen molar-refractivity contribution in [3.8, 4) is 0 Å².